The lowest BCUT2D eigenvalue weighted by Crippen LogP contribution is -2.35. The molecule has 0 amide bonds. The van der Waals surface area contributed by atoms with Crippen LogP contribution < -0.4 is 0 Å². The van der Waals surface area contributed by atoms with Crippen LogP contribution in [-0.4, -0.2) is 35.7 Å². The zero-order chi connectivity index (χ0) is 13.5. The Morgan fingerprint density at radius 2 is 2.06 bits per heavy atom. The van der Waals surface area contributed by atoms with Gasteiger partial charge in [-0.05, 0) is 25.0 Å². The molecule has 0 saturated carbocycles. The first-order valence-corrected chi connectivity index (χ1v) is 6.05. The van der Waals surface area contributed by atoms with E-state index >= 15 is 0 Å². The van der Waals surface area contributed by atoms with Gasteiger partial charge in [0.25, 0.3) is 0 Å². The second-order valence-corrected chi connectivity index (χ2v) is 4.65. The molecule has 0 unspecified atom stereocenters. The monoisotopic (exact) mass is 251 g/mol. The molecule has 0 aliphatic heterocycles. The molecule has 1 aromatic carbocycles. The molecule has 1 N–H and O–H groups in total. The standard InChI is InChI=1S/C14H21NO3/c1-11(2)15(9-14(16)17)8-12-5-4-6-13(7-12)10-18-3/h4-7,11H,8-10H2,1-3H3,(H,16,17). The lowest BCUT2D eigenvalue weighted by atomic mass is 10.1. The summed E-state index contributed by atoms with van der Waals surface area (Å²) >= 11 is 0. The van der Waals surface area contributed by atoms with Crippen LogP contribution in [0.25, 0.3) is 0 Å². The van der Waals surface area contributed by atoms with Crippen LogP contribution >= 0.6 is 0 Å². The van der Waals surface area contributed by atoms with Crippen molar-refractivity contribution < 1.29 is 14.6 Å². The number of benzene rings is 1. The molecule has 0 aliphatic rings. The molecule has 1 aromatic rings. The smallest absolute Gasteiger partial charge is 0.317 e. The van der Waals surface area contributed by atoms with Gasteiger partial charge >= 0.3 is 5.97 Å². The van der Waals surface area contributed by atoms with E-state index in [0.717, 1.165) is 11.1 Å². The van der Waals surface area contributed by atoms with Gasteiger partial charge in [-0.3, -0.25) is 9.69 Å². The highest BCUT2D eigenvalue weighted by molar-refractivity contribution is 5.69. The summed E-state index contributed by atoms with van der Waals surface area (Å²) in [5.74, 6) is -0.795. The number of ether oxygens (including phenoxy) is 1. The predicted molar refractivity (Wildman–Crippen MR) is 70.3 cm³/mol. The fourth-order valence-electron chi connectivity index (χ4n) is 1.81. The molecule has 0 atom stereocenters. The highest BCUT2D eigenvalue weighted by Gasteiger charge is 2.13. The Bertz CT molecular complexity index is 390. The second kappa shape index (κ2) is 7.13. The van der Waals surface area contributed by atoms with Crippen LogP contribution in [0.2, 0.25) is 0 Å². The summed E-state index contributed by atoms with van der Waals surface area (Å²) in [5, 5.41) is 8.89. The van der Waals surface area contributed by atoms with Crippen LogP contribution in [0.4, 0.5) is 0 Å². The number of aliphatic carboxylic acids is 1. The number of carboxylic acid groups (broad SMARTS) is 1. The second-order valence-electron chi connectivity index (χ2n) is 4.65. The largest absolute Gasteiger partial charge is 0.480 e. The minimum Gasteiger partial charge on any atom is -0.480 e. The molecule has 100 valence electrons. The van der Waals surface area contributed by atoms with Crippen molar-refractivity contribution in [2.45, 2.75) is 33.0 Å². The van der Waals surface area contributed by atoms with Gasteiger partial charge in [-0.15, -0.1) is 0 Å². The van der Waals surface area contributed by atoms with Crippen LogP contribution in [0.15, 0.2) is 24.3 Å². The van der Waals surface area contributed by atoms with E-state index in [1.54, 1.807) is 7.11 Å². The van der Waals surface area contributed by atoms with Crippen LogP contribution in [-0.2, 0) is 22.7 Å². The molecule has 0 fully saturated rings. The Hall–Kier alpha value is -1.39. The third-order valence-electron chi connectivity index (χ3n) is 2.76. The van der Waals surface area contributed by atoms with Crippen molar-refractivity contribution in [3.05, 3.63) is 35.4 Å². The highest BCUT2D eigenvalue weighted by Crippen LogP contribution is 2.11. The third kappa shape index (κ3) is 4.85. The fraction of sp³-hybridized carbons (Fsp3) is 0.500. The van der Waals surface area contributed by atoms with Crippen molar-refractivity contribution in [2.24, 2.45) is 0 Å². The molecule has 4 nitrogen and oxygen atoms in total. The average molecular weight is 251 g/mol. The molecule has 0 heterocycles. The summed E-state index contributed by atoms with van der Waals surface area (Å²) in [4.78, 5) is 12.7. The van der Waals surface area contributed by atoms with E-state index in [1.807, 2.05) is 36.9 Å². The minimum atomic E-state index is -0.795. The highest BCUT2D eigenvalue weighted by atomic mass is 16.5. The Kier molecular flexibility index (Phi) is 5.82. The van der Waals surface area contributed by atoms with Gasteiger partial charge < -0.3 is 9.84 Å². The summed E-state index contributed by atoms with van der Waals surface area (Å²) < 4.78 is 5.09. The first kappa shape index (κ1) is 14.7. The normalized spacial score (nSPS) is 11.2. The molecule has 0 bridgehead atoms. The number of hydrogen-bond acceptors (Lipinski definition) is 3. The van der Waals surface area contributed by atoms with E-state index in [1.165, 1.54) is 0 Å². The summed E-state index contributed by atoms with van der Waals surface area (Å²) in [5.41, 5.74) is 2.22. The van der Waals surface area contributed by atoms with Crippen molar-refractivity contribution >= 4 is 5.97 Å². The molecule has 0 spiro atoms. The van der Waals surface area contributed by atoms with Gasteiger partial charge in [-0.1, -0.05) is 24.3 Å². The number of carboxylic acids is 1. The molecule has 18 heavy (non-hydrogen) atoms. The Morgan fingerprint density at radius 1 is 1.39 bits per heavy atom. The fourth-order valence-corrected chi connectivity index (χ4v) is 1.81. The molecule has 0 aliphatic carbocycles. The van der Waals surface area contributed by atoms with Gasteiger partial charge in [0, 0.05) is 19.7 Å². The number of rotatable bonds is 7. The number of carbonyl (C=O) groups is 1. The summed E-state index contributed by atoms with van der Waals surface area (Å²) in [6, 6.07) is 8.25. The Morgan fingerprint density at radius 3 is 2.61 bits per heavy atom. The molecule has 0 aromatic heterocycles. The van der Waals surface area contributed by atoms with Gasteiger partial charge in [0.05, 0.1) is 13.2 Å². The molecular formula is C14H21NO3. The molecule has 0 radical (unpaired) electrons. The zero-order valence-corrected chi connectivity index (χ0v) is 11.2. The zero-order valence-electron chi connectivity index (χ0n) is 11.2. The van der Waals surface area contributed by atoms with E-state index in [4.69, 9.17) is 9.84 Å². The maximum Gasteiger partial charge on any atom is 0.317 e. The van der Waals surface area contributed by atoms with Crippen molar-refractivity contribution in [2.75, 3.05) is 13.7 Å². The maximum atomic E-state index is 10.8. The van der Waals surface area contributed by atoms with Crippen LogP contribution in [0.3, 0.4) is 0 Å². The van der Waals surface area contributed by atoms with Gasteiger partial charge in [-0.2, -0.15) is 0 Å². The first-order valence-electron chi connectivity index (χ1n) is 6.05. The van der Waals surface area contributed by atoms with E-state index in [-0.39, 0.29) is 12.6 Å². The van der Waals surface area contributed by atoms with Gasteiger partial charge in [0.15, 0.2) is 0 Å². The SMILES string of the molecule is COCc1cccc(CN(CC(=O)O)C(C)C)c1. The molecular weight excluding hydrogens is 230 g/mol. The van der Waals surface area contributed by atoms with Gasteiger partial charge in [-0.25, -0.2) is 0 Å². The first-order chi connectivity index (χ1) is 8.52. The van der Waals surface area contributed by atoms with Gasteiger partial charge in [0.1, 0.15) is 0 Å². The van der Waals surface area contributed by atoms with Crippen LogP contribution in [0.5, 0.6) is 0 Å². The lowest BCUT2D eigenvalue weighted by molar-refractivity contribution is -0.138. The van der Waals surface area contributed by atoms with E-state index in [0.29, 0.717) is 13.2 Å². The van der Waals surface area contributed by atoms with E-state index < -0.39 is 5.97 Å². The summed E-state index contributed by atoms with van der Waals surface area (Å²) in [7, 11) is 1.66. The molecule has 1 rings (SSSR count). The summed E-state index contributed by atoms with van der Waals surface area (Å²) in [6.45, 7) is 5.28. The van der Waals surface area contributed by atoms with Gasteiger partial charge in [0.2, 0.25) is 0 Å². The predicted octanol–water partition coefficient (Wildman–Crippen LogP) is 2.13. The molecule has 0 saturated heterocycles. The number of methoxy groups -OCH3 is 1. The van der Waals surface area contributed by atoms with Crippen LogP contribution in [0, 0.1) is 0 Å². The lowest BCUT2D eigenvalue weighted by Gasteiger charge is -2.24. The molecule has 4 heteroatoms. The topological polar surface area (TPSA) is 49.8 Å². The Balaban J connectivity index is 2.73. The Labute approximate surface area is 108 Å². The van der Waals surface area contributed by atoms with Crippen molar-refractivity contribution in [3.8, 4) is 0 Å². The van der Waals surface area contributed by atoms with Crippen molar-refractivity contribution in [3.63, 3.8) is 0 Å². The quantitative estimate of drug-likeness (QED) is 0.806. The van der Waals surface area contributed by atoms with Crippen molar-refractivity contribution in [1.29, 1.82) is 0 Å². The van der Waals surface area contributed by atoms with Crippen LogP contribution in [0.1, 0.15) is 25.0 Å². The minimum absolute atomic E-state index is 0.0617. The van der Waals surface area contributed by atoms with E-state index in [9.17, 15) is 4.79 Å². The average Bonchev–Trinajstić information content (AvgIpc) is 2.28. The summed E-state index contributed by atoms with van der Waals surface area (Å²) in [6.07, 6.45) is 0. The number of nitrogens with zero attached hydrogens (tertiary/aromatic N) is 1. The van der Waals surface area contributed by atoms with E-state index in [2.05, 4.69) is 6.07 Å². The third-order valence-corrected chi connectivity index (χ3v) is 2.76. The van der Waals surface area contributed by atoms with Crippen molar-refractivity contribution in [1.82, 2.24) is 4.90 Å². The number of hydrogen-bond donors (Lipinski definition) is 1. The maximum absolute atomic E-state index is 10.8.